The van der Waals surface area contributed by atoms with Crippen LogP contribution in [0.3, 0.4) is 0 Å². The van der Waals surface area contributed by atoms with Crippen molar-refractivity contribution in [1.82, 2.24) is 0 Å². The van der Waals surface area contributed by atoms with Crippen LogP contribution in [0.4, 0.5) is 0 Å². The first-order chi connectivity index (χ1) is 8.35. The Morgan fingerprint density at radius 1 is 1.50 bits per heavy atom. The summed E-state index contributed by atoms with van der Waals surface area (Å²) in [6.45, 7) is 8.61. The van der Waals surface area contributed by atoms with E-state index in [1.165, 1.54) is 0 Å². The summed E-state index contributed by atoms with van der Waals surface area (Å²) in [6.07, 6.45) is 2.60. The Labute approximate surface area is 110 Å². The van der Waals surface area contributed by atoms with Gasteiger partial charge in [0.05, 0.1) is 12.2 Å². The van der Waals surface area contributed by atoms with Crippen molar-refractivity contribution in [3.63, 3.8) is 0 Å². The Morgan fingerprint density at radius 2 is 2.17 bits per heavy atom. The van der Waals surface area contributed by atoms with Crippen LogP contribution in [-0.4, -0.2) is 35.5 Å². The van der Waals surface area contributed by atoms with Crippen LogP contribution in [0.5, 0.6) is 0 Å². The van der Waals surface area contributed by atoms with Crippen molar-refractivity contribution in [2.24, 2.45) is 5.92 Å². The lowest BCUT2D eigenvalue weighted by Gasteiger charge is -2.42. The van der Waals surface area contributed by atoms with Gasteiger partial charge in [-0.15, -0.1) is 0 Å². The fourth-order valence-corrected chi connectivity index (χ4v) is 2.75. The minimum Gasteiger partial charge on any atom is -0.464 e. The van der Waals surface area contributed by atoms with Crippen molar-refractivity contribution < 1.29 is 19.4 Å². The fourth-order valence-electron chi connectivity index (χ4n) is 2.75. The van der Waals surface area contributed by atoms with Crippen LogP contribution >= 0.6 is 0 Å². The molecule has 0 aromatic rings. The molecular formula is C14H26O4. The van der Waals surface area contributed by atoms with Gasteiger partial charge in [0.1, 0.15) is 0 Å². The Hall–Kier alpha value is -0.610. The molecule has 1 aliphatic heterocycles. The number of carbonyl (C=O) groups excluding carboxylic acids is 1. The molecule has 106 valence electrons. The number of esters is 1. The van der Waals surface area contributed by atoms with Gasteiger partial charge in [0.2, 0.25) is 0 Å². The number of ether oxygens (including phenoxy) is 2. The summed E-state index contributed by atoms with van der Waals surface area (Å²) in [6, 6.07) is 0. The maximum atomic E-state index is 12.1. The van der Waals surface area contributed by atoms with Crippen LogP contribution < -0.4 is 0 Å². The third kappa shape index (κ3) is 3.45. The molecule has 1 saturated heterocycles. The van der Waals surface area contributed by atoms with Crippen LogP contribution in [0.1, 0.15) is 53.4 Å². The number of hydrogen-bond acceptors (Lipinski definition) is 4. The summed E-state index contributed by atoms with van der Waals surface area (Å²) >= 11 is 0. The molecule has 1 rings (SSSR count). The molecule has 1 N–H and O–H groups in total. The molecule has 1 heterocycles. The zero-order chi connectivity index (χ0) is 13.8. The SMILES string of the molecule is CCCC(O)(C(=O)OCC)C1CCOC(C)(C)C1. The van der Waals surface area contributed by atoms with E-state index >= 15 is 0 Å². The minimum absolute atomic E-state index is 0.0831. The second-order valence-corrected chi connectivity index (χ2v) is 5.69. The Kier molecular flexibility index (Phi) is 5.17. The quantitative estimate of drug-likeness (QED) is 0.769. The van der Waals surface area contributed by atoms with Gasteiger partial charge in [0.15, 0.2) is 5.60 Å². The van der Waals surface area contributed by atoms with Gasteiger partial charge in [-0.3, -0.25) is 0 Å². The molecule has 0 saturated carbocycles. The van der Waals surface area contributed by atoms with E-state index in [2.05, 4.69) is 0 Å². The molecule has 4 heteroatoms. The summed E-state index contributed by atoms with van der Waals surface area (Å²) in [5, 5.41) is 10.7. The Morgan fingerprint density at radius 3 is 2.67 bits per heavy atom. The standard InChI is InChI=1S/C14H26O4/c1-5-8-14(16,12(15)17-6-2)11-7-9-18-13(3,4)10-11/h11,16H,5-10H2,1-4H3. The zero-order valence-corrected chi connectivity index (χ0v) is 12.0. The predicted octanol–water partition coefficient (Wildman–Crippen LogP) is 2.29. The lowest BCUT2D eigenvalue weighted by molar-refractivity contribution is -0.184. The molecule has 2 unspecified atom stereocenters. The molecule has 1 aliphatic rings. The normalized spacial score (nSPS) is 26.4. The van der Waals surface area contributed by atoms with E-state index in [0.29, 0.717) is 32.5 Å². The largest absolute Gasteiger partial charge is 0.464 e. The van der Waals surface area contributed by atoms with Crippen LogP contribution in [-0.2, 0) is 14.3 Å². The molecule has 18 heavy (non-hydrogen) atoms. The van der Waals surface area contributed by atoms with Gasteiger partial charge in [0, 0.05) is 12.5 Å². The lowest BCUT2D eigenvalue weighted by atomic mass is 9.74. The van der Waals surface area contributed by atoms with Crippen molar-refractivity contribution in [1.29, 1.82) is 0 Å². The van der Waals surface area contributed by atoms with Crippen molar-refractivity contribution in [2.45, 2.75) is 64.6 Å². The average Bonchev–Trinajstić information content (AvgIpc) is 2.28. The summed E-state index contributed by atoms with van der Waals surface area (Å²) in [7, 11) is 0. The Balaban J connectivity index is 2.86. The van der Waals surface area contributed by atoms with Crippen LogP contribution in [0.25, 0.3) is 0 Å². The maximum absolute atomic E-state index is 12.1. The molecule has 0 spiro atoms. The van der Waals surface area contributed by atoms with Crippen LogP contribution in [0, 0.1) is 5.92 Å². The highest BCUT2D eigenvalue weighted by molar-refractivity contribution is 5.79. The molecule has 0 aromatic carbocycles. The summed E-state index contributed by atoms with van der Waals surface area (Å²) in [5.41, 5.74) is -1.64. The second-order valence-electron chi connectivity index (χ2n) is 5.69. The van der Waals surface area contributed by atoms with E-state index in [1.54, 1.807) is 6.92 Å². The van der Waals surface area contributed by atoms with Gasteiger partial charge < -0.3 is 14.6 Å². The highest BCUT2D eigenvalue weighted by Crippen LogP contribution is 2.38. The molecule has 0 bridgehead atoms. The third-order valence-corrected chi connectivity index (χ3v) is 3.63. The summed E-state index contributed by atoms with van der Waals surface area (Å²) in [5.74, 6) is -0.560. The molecule has 0 aromatic heterocycles. The summed E-state index contributed by atoms with van der Waals surface area (Å²) in [4.78, 5) is 12.1. The van der Waals surface area contributed by atoms with E-state index in [0.717, 1.165) is 6.42 Å². The van der Waals surface area contributed by atoms with Gasteiger partial charge in [0.25, 0.3) is 0 Å². The molecule has 0 amide bonds. The number of rotatable bonds is 5. The van der Waals surface area contributed by atoms with Crippen LogP contribution in [0.15, 0.2) is 0 Å². The smallest absolute Gasteiger partial charge is 0.338 e. The van der Waals surface area contributed by atoms with Gasteiger partial charge >= 0.3 is 5.97 Å². The van der Waals surface area contributed by atoms with E-state index < -0.39 is 11.6 Å². The van der Waals surface area contributed by atoms with Crippen molar-refractivity contribution in [3.05, 3.63) is 0 Å². The molecule has 2 atom stereocenters. The molecule has 1 fully saturated rings. The van der Waals surface area contributed by atoms with Crippen molar-refractivity contribution >= 4 is 5.97 Å². The highest BCUT2D eigenvalue weighted by Gasteiger charge is 2.47. The topological polar surface area (TPSA) is 55.8 Å². The highest BCUT2D eigenvalue weighted by atomic mass is 16.5. The first kappa shape index (κ1) is 15.4. The fraction of sp³-hybridized carbons (Fsp3) is 0.929. The first-order valence-electron chi connectivity index (χ1n) is 6.89. The molecule has 4 nitrogen and oxygen atoms in total. The minimum atomic E-state index is -1.36. The second kappa shape index (κ2) is 6.02. The molecular weight excluding hydrogens is 232 g/mol. The van der Waals surface area contributed by atoms with E-state index in [1.807, 2.05) is 20.8 Å². The molecule has 0 aliphatic carbocycles. The van der Waals surface area contributed by atoms with E-state index in [9.17, 15) is 9.90 Å². The van der Waals surface area contributed by atoms with Gasteiger partial charge in [-0.05, 0) is 40.0 Å². The summed E-state index contributed by atoms with van der Waals surface area (Å²) < 4.78 is 10.7. The average molecular weight is 258 g/mol. The third-order valence-electron chi connectivity index (χ3n) is 3.63. The first-order valence-corrected chi connectivity index (χ1v) is 6.89. The van der Waals surface area contributed by atoms with Gasteiger partial charge in [-0.25, -0.2) is 4.79 Å². The van der Waals surface area contributed by atoms with Gasteiger partial charge in [-0.2, -0.15) is 0 Å². The number of aliphatic hydroxyl groups is 1. The number of carbonyl (C=O) groups is 1. The predicted molar refractivity (Wildman–Crippen MR) is 69.2 cm³/mol. The monoisotopic (exact) mass is 258 g/mol. The number of hydrogen-bond donors (Lipinski definition) is 1. The van der Waals surface area contributed by atoms with Gasteiger partial charge in [-0.1, -0.05) is 13.3 Å². The molecule has 0 radical (unpaired) electrons. The lowest BCUT2D eigenvalue weighted by Crippen LogP contribution is -2.52. The zero-order valence-electron chi connectivity index (χ0n) is 12.0. The van der Waals surface area contributed by atoms with Crippen molar-refractivity contribution in [3.8, 4) is 0 Å². The van der Waals surface area contributed by atoms with E-state index in [4.69, 9.17) is 9.47 Å². The van der Waals surface area contributed by atoms with Crippen LogP contribution in [0.2, 0.25) is 0 Å². The maximum Gasteiger partial charge on any atom is 0.338 e. The Bertz CT molecular complexity index is 288. The van der Waals surface area contributed by atoms with Crippen molar-refractivity contribution in [2.75, 3.05) is 13.2 Å². The van der Waals surface area contributed by atoms with E-state index in [-0.39, 0.29) is 11.5 Å².